The van der Waals surface area contributed by atoms with E-state index in [2.05, 4.69) is 5.32 Å². The smallest absolute Gasteiger partial charge is 0.325 e. The average Bonchev–Trinajstić information content (AvgIpc) is 2.85. The zero-order chi connectivity index (χ0) is 15.6. The van der Waals surface area contributed by atoms with Crippen molar-refractivity contribution in [3.05, 3.63) is 18.2 Å². The Bertz CT molecular complexity index is 569. The Morgan fingerprint density at radius 3 is 2.67 bits per heavy atom. The molecule has 1 amide bonds. The lowest BCUT2D eigenvalue weighted by Crippen LogP contribution is -2.51. The van der Waals surface area contributed by atoms with E-state index in [1.807, 2.05) is 0 Å². The van der Waals surface area contributed by atoms with Crippen molar-refractivity contribution >= 4 is 11.9 Å². The van der Waals surface area contributed by atoms with E-state index < -0.39 is 23.5 Å². The van der Waals surface area contributed by atoms with E-state index in [9.17, 15) is 9.59 Å². The van der Waals surface area contributed by atoms with Crippen LogP contribution in [-0.2, 0) is 9.59 Å². The molecule has 0 fully saturated rings. The number of hydrogen-bond donors (Lipinski definition) is 2. The number of ether oxygens (including phenoxy) is 3. The first-order valence-corrected chi connectivity index (χ1v) is 6.42. The minimum atomic E-state index is -1.22. The van der Waals surface area contributed by atoms with Crippen LogP contribution in [0.25, 0.3) is 0 Å². The molecule has 0 bridgehead atoms. The molecule has 1 aliphatic rings. The van der Waals surface area contributed by atoms with Gasteiger partial charge in [0, 0.05) is 6.07 Å². The van der Waals surface area contributed by atoms with E-state index in [4.69, 9.17) is 19.3 Å². The van der Waals surface area contributed by atoms with Crippen LogP contribution < -0.4 is 19.5 Å². The molecule has 7 heteroatoms. The summed E-state index contributed by atoms with van der Waals surface area (Å²) in [5, 5.41) is 11.2. The number of carbonyl (C=O) groups is 2. The summed E-state index contributed by atoms with van der Waals surface area (Å²) in [6.45, 7) is 4.65. The Kier molecular flexibility index (Phi) is 3.93. The van der Waals surface area contributed by atoms with Gasteiger partial charge in [-0.15, -0.1) is 0 Å². The van der Waals surface area contributed by atoms with Gasteiger partial charge in [-0.1, -0.05) is 0 Å². The largest absolute Gasteiger partial charge is 0.480 e. The molecule has 1 heterocycles. The van der Waals surface area contributed by atoms with Crippen LogP contribution in [0.5, 0.6) is 17.2 Å². The molecule has 2 N–H and O–H groups in total. The maximum atomic E-state index is 12.1. The van der Waals surface area contributed by atoms with Crippen molar-refractivity contribution in [1.29, 1.82) is 0 Å². The number of carboxylic acids is 1. The highest BCUT2D eigenvalue weighted by Gasteiger charge is 2.32. The standard InChI is InChI=1S/C14H17NO6/c1-8(12(16)17)15-13(18)14(2,3)21-9-4-5-10-11(6-9)20-7-19-10/h4-6,8H,7H2,1-3H3,(H,15,18)(H,16,17). The topological polar surface area (TPSA) is 94.1 Å². The Balaban J connectivity index is 2.06. The number of amides is 1. The van der Waals surface area contributed by atoms with Gasteiger partial charge < -0.3 is 24.6 Å². The number of aliphatic carboxylic acids is 1. The number of nitrogens with one attached hydrogen (secondary N) is 1. The van der Waals surface area contributed by atoms with Gasteiger partial charge in [-0.3, -0.25) is 9.59 Å². The lowest BCUT2D eigenvalue weighted by Gasteiger charge is -2.26. The van der Waals surface area contributed by atoms with Crippen molar-refractivity contribution in [2.75, 3.05) is 6.79 Å². The molecule has 0 saturated carbocycles. The van der Waals surface area contributed by atoms with Crippen LogP contribution in [0.3, 0.4) is 0 Å². The van der Waals surface area contributed by atoms with Crippen molar-refractivity contribution in [2.45, 2.75) is 32.4 Å². The van der Waals surface area contributed by atoms with Gasteiger partial charge in [0.25, 0.3) is 5.91 Å². The van der Waals surface area contributed by atoms with Crippen LogP contribution in [-0.4, -0.2) is 35.4 Å². The SMILES string of the molecule is CC(NC(=O)C(C)(C)Oc1ccc2c(c1)OCO2)C(=O)O. The monoisotopic (exact) mass is 295 g/mol. The van der Waals surface area contributed by atoms with Crippen LogP contribution in [0, 0.1) is 0 Å². The van der Waals surface area contributed by atoms with Gasteiger partial charge >= 0.3 is 5.97 Å². The third-order valence-corrected chi connectivity index (χ3v) is 2.98. The van der Waals surface area contributed by atoms with Crippen LogP contribution in [0.1, 0.15) is 20.8 Å². The maximum Gasteiger partial charge on any atom is 0.325 e. The third kappa shape index (κ3) is 3.36. The van der Waals surface area contributed by atoms with E-state index in [1.54, 1.807) is 32.0 Å². The second kappa shape index (κ2) is 5.51. The average molecular weight is 295 g/mol. The molecule has 0 saturated heterocycles. The fourth-order valence-corrected chi connectivity index (χ4v) is 1.71. The molecule has 21 heavy (non-hydrogen) atoms. The molecule has 1 aromatic carbocycles. The summed E-state index contributed by atoms with van der Waals surface area (Å²) < 4.78 is 16.0. The van der Waals surface area contributed by atoms with E-state index in [0.717, 1.165) is 0 Å². The molecular formula is C14H17NO6. The Hall–Kier alpha value is -2.44. The van der Waals surface area contributed by atoms with Crippen molar-refractivity contribution in [2.24, 2.45) is 0 Å². The molecule has 2 rings (SSSR count). The number of carboxylic acid groups (broad SMARTS) is 1. The normalized spacial score (nSPS) is 14.4. The molecular weight excluding hydrogens is 278 g/mol. The number of hydrogen-bond acceptors (Lipinski definition) is 5. The summed E-state index contributed by atoms with van der Waals surface area (Å²) in [7, 11) is 0. The fraction of sp³-hybridized carbons (Fsp3) is 0.429. The zero-order valence-electron chi connectivity index (χ0n) is 12.0. The molecule has 1 aromatic rings. The quantitative estimate of drug-likeness (QED) is 0.846. The first-order valence-electron chi connectivity index (χ1n) is 6.42. The second-order valence-electron chi connectivity index (χ2n) is 5.16. The summed E-state index contributed by atoms with van der Waals surface area (Å²) in [6.07, 6.45) is 0. The second-order valence-corrected chi connectivity index (χ2v) is 5.16. The summed E-state index contributed by atoms with van der Waals surface area (Å²) in [5.74, 6) is -0.0357. The maximum absolute atomic E-state index is 12.1. The highest BCUT2D eigenvalue weighted by Crippen LogP contribution is 2.36. The molecule has 1 aliphatic heterocycles. The predicted molar refractivity (Wildman–Crippen MR) is 72.5 cm³/mol. The van der Waals surface area contributed by atoms with Gasteiger partial charge in [-0.25, -0.2) is 0 Å². The van der Waals surface area contributed by atoms with E-state index in [1.165, 1.54) is 6.92 Å². The Morgan fingerprint density at radius 1 is 1.33 bits per heavy atom. The molecule has 0 spiro atoms. The summed E-state index contributed by atoms with van der Waals surface area (Å²) in [5.41, 5.74) is -1.22. The first-order chi connectivity index (χ1) is 9.79. The third-order valence-electron chi connectivity index (χ3n) is 2.98. The predicted octanol–water partition coefficient (Wildman–Crippen LogP) is 1.16. The molecule has 0 aromatic heterocycles. The Morgan fingerprint density at radius 2 is 2.00 bits per heavy atom. The number of carbonyl (C=O) groups excluding carboxylic acids is 1. The lowest BCUT2D eigenvalue weighted by molar-refractivity contribution is -0.144. The van der Waals surface area contributed by atoms with Crippen LogP contribution in [0.15, 0.2) is 18.2 Å². The van der Waals surface area contributed by atoms with Crippen LogP contribution in [0.2, 0.25) is 0 Å². The minimum Gasteiger partial charge on any atom is -0.480 e. The van der Waals surface area contributed by atoms with Crippen molar-refractivity contribution in [3.8, 4) is 17.2 Å². The van der Waals surface area contributed by atoms with Gasteiger partial charge in [-0.2, -0.15) is 0 Å². The van der Waals surface area contributed by atoms with Gasteiger partial charge in [-0.05, 0) is 32.9 Å². The van der Waals surface area contributed by atoms with E-state index in [-0.39, 0.29) is 6.79 Å². The van der Waals surface area contributed by atoms with Crippen molar-refractivity contribution < 1.29 is 28.9 Å². The highest BCUT2D eigenvalue weighted by molar-refractivity contribution is 5.88. The van der Waals surface area contributed by atoms with Gasteiger partial charge in [0.2, 0.25) is 6.79 Å². The van der Waals surface area contributed by atoms with E-state index in [0.29, 0.717) is 17.2 Å². The number of fused-ring (bicyclic) bond motifs is 1. The number of benzene rings is 1. The molecule has 114 valence electrons. The Labute approximate surface area is 121 Å². The fourth-order valence-electron chi connectivity index (χ4n) is 1.71. The van der Waals surface area contributed by atoms with Gasteiger partial charge in [0.05, 0.1) is 0 Å². The highest BCUT2D eigenvalue weighted by atomic mass is 16.7. The molecule has 7 nitrogen and oxygen atoms in total. The number of rotatable bonds is 5. The summed E-state index contributed by atoms with van der Waals surface area (Å²) in [6, 6.07) is 3.98. The molecule has 0 aliphatic carbocycles. The molecule has 0 radical (unpaired) electrons. The first kappa shape index (κ1) is 15.0. The van der Waals surface area contributed by atoms with Gasteiger partial charge in [0.1, 0.15) is 11.8 Å². The van der Waals surface area contributed by atoms with E-state index >= 15 is 0 Å². The summed E-state index contributed by atoms with van der Waals surface area (Å²) in [4.78, 5) is 22.8. The van der Waals surface area contributed by atoms with Crippen molar-refractivity contribution in [3.63, 3.8) is 0 Å². The molecule has 1 atom stereocenters. The minimum absolute atomic E-state index is 0.152. The lowest BCUT2D eigenvalue weighted by atomic mass is 10.1. The summed E-state index contributed by atoms with van der Waals surface area (Å²) >= 11 is 0. The van der Waals surface area contributed by atoms with Gasteiger partial charge in [0.15, 0.2) is 17.1 Å². The molecule has 1 unspecified atom stereocenters. The van der Waals surface area contributed by atoms with Crippen LogP contribution in [0.4, 0.5) is 0 Å². The van der Waals surface area contributed by atoms with Crippen LogP contribution >= 0.6 is 0 Å². The zero-order valence-corrected chi connectivity index (χ0v) is 12.0. The van der Waals surface area contributed by atoms with Crippen molar-refractivity contribution in [1.82, 2.24) is 5.32 Å².